The number of hydrogen-bond donors (Lipinski definition) is 2. The van der Waals surface area contributed by atoms with Crippen molar-refractivity contribution >= 4 is 0 Å². The van der Waals surface area contributed by atoms with Gasteiger partial charge in [0.15, 0.2) is 0 Å². The molecule has 0 bridgehead atoms. The van der Waals surface area contributed by atoms with E-state index in [1.165, 1.54) is 22.3 Å². The van der Waals surface area contributed by atoms with E-state index in [4.69, 9.17) is 0 Å². The predicted octanol–water partition coefficient (Wildman–Crippen LogP) is 7.14. The van der Waals surface area contributed by atoms with Crippen LogP contribution >= 0.6 is 0 Å². The van der Waals surface area contributed by atoms with Gasteiger partial charge in [0.25, 0.3) is 0 Å². The molecule has 1 aliphatic rings. The summed E-state index contributed by atoms with van der Waals surface area (Å²) in [6.07, 6.45) is 3.07. The molecule has 2 heteroatoms. The van der Waals surface area contributed by atoms with Gasteiger partial charge in [-0.2, -0.15) is 0 Å². The van der Waals surface area contributed by atoms with Crippen LogP contribution in [0.4, 0.5) is 0 Å². The minimum atomic E-state index is -0.222. The van der Waals surface area contributed by atoms with Gasteiger partial charge < -0.3 is 10.2 Å². The molecule has 2 unspecified atom stereocenters. The molecule has 1 saturated carbocycles. The summed E-state index contributed by atoms with van der Waals surface area (Å²) in [4.78, 5) is 0. The first-order chi connectivity index (χ1) is 15.6. The number of phenols is 2. The largest absolute Gasteiger partial charge is 0.508 e. The van der Waals surface area contributed by atoms with Crippen LogP contribution in [-0.4, -0.2) is 10.2 Å². The van der Waals surface area contributed by atoms with Crippen molar-refractivity contribution < 1.29 is 10.2 Å². The average Bonchev–Trinajstić information content (AvgIpc) is 2.85. The number of hydrogen-bond acceptors (Lipinski definition) is 2. The summed E-state index contributed by atoms with van der Waals surface area (Å²) in [7, 11) is 0. The highest BCUT2D eigenvalue weighted by Gasteiger charge is 2.44. The van der Waals surface area contributed by atoms with E-state index < -0.39 is 0 Å². The zero-order valence-electron chi connectivity index (χ0n) is 18.1. The van der Waals surface area contributed by atoms with E-state index in [9.17, 15) is 10.2 Å². The van der Waals surface area contributed by atoms with E-state index in [1.807, 2.05) is 0 Å². The molecule has 1 fully saturated rings. The van der Waals surface area contributed by atoms with Crippen LogP contribution in [0.1, 0.15) is 53.4 Å². The van der Waals surface area contributed by atoms with Crippen LogP contribution in [0, 0.1) is 0 Å². The lowest BCUT2D eigenvalue weighted by Crippen LogP contribution is -2.36. The van der Waals surface area contributed by atoms with Crippen molar-refractivity contribution in [3.8, 4) is 11.5 Å². The van der Waals surface area contributed by atoms with E-state index >= 15 is 0 Å². The quantitative estimate of drug-likeness (QED) is 0.368. The van der Waals surface area contributed by atoms with Crippen LogP contribution < -0.4 is 0 Å². The topological polar surface area (TPSA) is 40.5 Å². The number of benzene rings is 4. The fourth-order valence-corrected chi connectivity index (χ4v) is 5.59. The molecule has 0 amide bonds. The molecule has 0 radical (unpaired) electrons. The fraction of sp³-hybridized carbons (Fsp3) is 0.200. The molecular weight excluding hydrogens is 392 g/mol. The summed E-state index contributed by atoms with van der Waals surface area (Å²) in [5.74, 6) is 1.37. The highest BCUT2D eigenvalue weighted by Crippen LogP contribution is 2.54. The molecule has 32 heavy (non-hydrogen) atoms. The van der Waals surface area contributed by atoms with Gasteiger partial charge in [0.05, 0.1) is 0 Å². The molecule has 1 aliphatic carbocycles. The molecule has 2 N–H and O–H groups in total. The van der Waals surface area contributed by atoms with Gasteiger partial charge in [-0.15, -0.1) is 0 Å². The molecule has 0 heterocycles. The smallest absolute Gasteiger partial charge is 0.115 e. The summed E-state index contributed by atoms with van der Waals surface area (Å²) < 4.78 is 0. The first kappa shape index (κ1) is 20.4. The standard InChI is InChI=1S/C30H28O2/c31-28-15-11-26(12-16-28)30(27-13-17-29(32)18-14-27)20-24(22-7-3-1-4-8-22)19-25(21-30)23-9-5-2-6-10-23/h1-18,24-25,31-32H,19-21H2. The highest BCUT2D eigenvalue weighted by atomic mass is 16.3. The maximum absolute atomic E-state index is 9.97. The zero-order valence-corrected chi connectivity index (χ0v) is 18.1. The van der Waals surface area contributed by atoms with E-state index in [-0.39, 0.29) is 16.9 Å². The van der Waals surface area contributed by atoms with Crippen molar-refractivity contribution in [1.29, 1.82) is 0 Å². The Balaban J connectivity index is 1.68. The maximum Gasteiger partial charge on any atom is 0.115 e. The molecule has 4 aromatic rings. The van der Waals surface area contributed by atoms with Gasteiger partial charge in [0, 0.05) is 5.41 Å². The normalized spacial score (nSPS) is 20.0. The molecule has 5 rings (SSSR count). The third kappa shape index (κ3) is 3.89. The van der Waals surface area contributed by atoms with Crippen LogP contribution in [0.3, 0.4) is 0 Å². The van der Waals surface area contributed by atoms with Crippen LogP contribution in [-0.2, 0) is 5.41 Å². The Morgan fingerprint density at radius 2 is 0.875 bits per heavy atom. The Morgan fingerprint density at radius 1 is 0.500 bits per heavy atom. The van der Waals surface area contributed by atoms with Crippen LogP contribution in [0.5, 0.6) is 11.5 Å². The first-order valence-corrected chi connectivity index (χ1v) is 11.3. The third-order valence-electron chi connectivity index (χ3n) is 7.14. The van der Waals surface area contributed by atoms with Crippen molar-refractivity contribution in [2.24, 2.45) is 0 Å². The lowest BCUT2D eigenvalue weighted by molar-refractivity contribution is 0.277. The summed E-state index contributed by atoms with van der Waals surface area (Å²) in [5, 5.41) is 19.9. The van der Waals surface area contributed by atoms with Gasteiger partial charge in [-0.3, -0.25) is 0 Å². The molecule has 160 valence electrons. The Morgan fingerprint density at radius 3 is 1.25 bits per heavy atom. The summed E-state index contributed by atoms with van der Waals surface area (Å²) in [6.45, 7) is 0. The van der Waals surface area contributed by atoms with Crippen molar-refractivity contribution in [2.75, 3.05) is 0 Å². The Labute approximate surface area is 189 Å². The zero-order chi connectivity index (χ0) is 22.0. The molecule has 2 atom stereocenters. The van der Waals surface area contributed by atoms with E-state index in [0.717, 1.165) is 19.3 Å². The number of phenolic OH excluding ortho intramolecular Hbond substituents is 2. The number of aromatic hydroxyl groups is 2. The Hall–Kier alpha value is -3.52. The Kier molecular flexibility index (Phi) is 5.45. The first-order valence-electron chi connectivity index (χ1n) is 11.3. The summed E-state index contributed by atoms with van der Waals surface area (Å²) in [6, 6.07) is 37.1. The SMILES string of the molecule is Oc1ccc(C2(c3ccc(O)cc3)CC(c3ccccc3)CC(c3ccccc3)C2)cc1. The second-order valence-corrected chi connectivity index (χ2v) is 9.04. The second-order valence-electron chi connectivity index (χ2n) is 9.04. The fourth-order valence-electron chi connectivity index (χ4n) is 5.59. The molecule has 2 nitrogen and oxygen atoms in total. The van der Waals surface area contributed by atoms with E-state index in [0.29, 0.717) is 11.8 Å². The maximum atomic E-state index is 9.97. The van der Waals surface area contributed by atoms with Gasteiger partial charge in [-0.05, 0) is 77.6 Å². The number of rotatable bonds is 4. The van der Waals surface area contributed by atoms with Crippen LogP contribution in [0.15, 0.2) is 109 Å². The molecule has 0 aromatic heterocycles. The Bertz CT molecular complexity index is 1050. The lowest BCUT2D eigenvalue weighted by Gasteiger charge is -2.46. The van der Waals surface area contributed by atoms with Crippen LogP contribution in [0.2, 0.25) is 0 Å². The molecular formula is C30H28O2. The summed E-state index contributed by atoms with van der Waals surface area (Å²) in [5.41, 5.74) is 4.94. The summed E-state index contributed by atoms with van der Waals surface area (Å²) >= 11 is 0. The van der Waals surface area contributed by atoms with E-state index in [2.05, 4.69) is 84.9 Å². The minimum absolute atomic E-state index is 0.222. The van der Waals surface area contributed by atoms with Crippen molar-refractivity contribution in [3.05, 3.63) is 131 Å². The minimum Gasteiger partial charge on any atom is -0.508 e. The van der Waals surface area contributed by atoms with Gasteiger partial charge in [-0.25, -0.2) is 0 Å². The average molecular weight is 421 g/mol. The van der Waals surface area contributed by atoms with Gasteiger partial charge >= 0.3 is 0 Å². The van der Waals surface area contributed by atoms with Crippen molar-refractivity contribution in [3.63, 3.8) is 0 Å². The monoisotopic (exact) mass is 420 g/mol. The molecule has 0 aliphatic heterocycles. The van der Waals surface area contributed by atoms with Crippen molar-refractivity contribution in [2.45, 2.75) is 36.5 Å². The van der Waals surface area contributed by atoms with E-state index in [1.54, 1.807) is 24.3 Å². The molecule has 4 aromatic carbocycles. The highest BCUT2D eigenvalue weighted by molar-refractivity contribution is 5.46. The van der Waals surface area contributed by atoms with Crippen molar-refractivity contribution in [1.82, 2.24) is 0 Å². The lowest BCUT2D eigenvalue weighted by atomic mass is 9.57. The van der Waals surface area contributed by atoms with Gasteiger partial charge in [0.1, 0.15) is 11.5 Å². The second kappa shape index (κ2) is 8.55. The predicted molar refractivity (Wildman–Crippen MR) is 129 cm³/mol. The van der Waals surface area contributed by atoms with Gasteiger partial charge in [-0.1, -0.05) is 84.9 Å². The third-order valence-corrected chi connectivity index (χ3v) is 7.14. The molecule has 0 saturated heterocycles. The van der Waals surface area contributed by atoms with Crippen LogP contribution in [0.25, 0.3) is 0 Å². The van der Waals surface area contributed by atoms with Gasteiger partial charge in [0.2, 0.25) is 0 Å². The molecule has 0 spiro atoms.